The zero-order valence-corrected chi connectivity index (χ0v) is 17.1. The Morgan fingerprint density at radius 1 is 1.22 bits per heavy atom. The number of rotatable bonds is 7. The van der Waals surface area contributed by atoms with Gasteiger partial charge >= 0.3 is 6.03 Å². The highest BCUT2D eigenvalue weighted by atomic mass is 32.1. The summed E-state index contributed by atoms with van der Waals surface area (Å²) >= 11 is 1.70. The molecule has 6 heteroatoms. The largest absolute Gasteiger partial charge is 0.370 e. The Balaban J connectivity index is 1.59. The first-order valence-corrected chi connectivity index (χ1v) is 10.6. The number of nitrogens with zero attached hydrogens (tertiary/aromatic N) is 1. The van der Waals surface area contributed by atoms with Crippen molar-refractivity contribution >= 4 is 23.1 Å². The minimum atomic E-state index is -0.0244. The summed E-state index contributed by atoms with van der Waals surface area (Å²) in [4.78, 5) is 17.6. The van der Waals surface area contributed by atoms with Crippen LogP contribution in [0.3, 0.4) is 0 Å². The van der Waals surface area contributed by atoms with Crippen molar-refractivity contribution in [2.24, 2.45) is 0 Å². The maximum atomic E-state index is 12.9. The molecule has 5 nitrogen and oxygen atoms in total. The molecule has 0 atom stereocenters. The predicted octanol–water partition coefficient (Wildman–Crippen LogP) is 2.70. The van der Waals surface area contributed by atoms with Gasteiger partial charge in [-0.1, -0.05) is 12.1 Å². The highest BCUT2D eigenvalue weighted by Crippen LogP contribution is 2.17. The van der Waals surface area contributed by atoms with Gasteiger partial charge < -0.3 is 19.9 Å². The van der Waals surface area contributed by atoms with Gasteiger partial charge in [-0.2, -0.15) is 0 Å². The molecule has 1 fully saturated rings. The van der Waals surface area contributed by atoms with Crippen LogP contribution in [0.5, 0.6) is 0 Å². The Labute approximate surface area is 165 Å². The number of anilines is 1. The molecule has 0 aliphatic carbocycles. The third-order valence-electron chi connectivity index (χ3n) is 5.13. The Morgan fingerprint density at radius 3 is 2.74 bits per heavy atom. The number of aryl methyl sites for hydroxylation is 2. The van der Waals surface area contributed by atoms with Crippen LogP contribution in [-0.2, 0) is 11.3 Å². The van der Waals surface area contributed by atoms with Crippen molar-refractivity contribution < 1.29 is 14.4 Å². The summed E-state index contributed by atoms with van der Waals surface area (Å²) in [6, 6.07) is 10.2. The van der Waals surface area contributed by atoms with Crippen LogP contribution >= 0.6 is 11.3 Å². The van der Waals surface area contributed by atoms with Gasteiger partial charge in [-0.05, 0) is 48.6 Å². The van der Waals surface area contributed by atoms with Crippen LogP contribution in [0.4, 0.5) is 10.5 Å². The molecule has 146 valence electrons. The molecular formula is C21H30N3O2S+. The molecule has 1 aliphatic rings. The van der Waals surface area contributed by atoms with Crippen LogP contribution in [0.2, 0.25) is 0 Å². The average Bonchev–Trinajstić information content (AvgIpc) is 3.18. The Morgan fingerprint density at radius 2 is 2.04 bits per heavy atom. The molecule has 1 aliphatic heterocycles. The smallest absolute Gasteiger partial charge is 0.322 e. The lowest BCUT2D eigenvalue weighted by Crippen LogP contribution is -3.14. The molecule has 1 aromatic heterocycles. The molecular weight excluding hydrogens is 358 g/mol. The summed E-state index contributed by atoms with van der Waals surface area (Å²) in [7, 11) is 0. The van der Waals surface area contributed by atoms with E-state index in [4.69, 9.17) is 4.74 Å². The molecule has 27 heavy (non-hydrogen) atoms. The summed E-state index contributed by atoms with van der Waals surface area (Å²) < 4.78 is 5.43. The predicted molar refractivity (Wildman–Crippen MR) is 111 cm³/mol. The number of carbonyl (C=O) groups is 1. The summed E-state index contributed by atoms with van der Waals surface area (Å²) in [5.41, 5.74) is 3.28. The van der Waals surface area contributed by atoms with Crippen molar-refractivity contribution in [3.63, 3.8) is 0 Å². The van der Waals surface area contributed by atoms with Gasteiger partial charge in [-0.25, -0.2) is 4.79 Å². The fourth-order valence-electron chi connectivity index (χ4n) is 3.29. The number of carbonyl (C=O) groups excluding carboxylic acids is 1. The Bertz CT molecular complexity index is 727. The van der Waals surface area contributed by atoms with E-state index in [1.54, 1.807) is 16.2 Å². The van der Waals surface area contributed by atoms with Gasteiger partial charge in [0.05, 0.1) is 26.3 Å². The van der Waals surface area contributed by atoms with E-state index in [0.717, 1.165) is 51.5 Å². The van der Waals surface area contributed by atoms with Crippen LogP contribution in [0, 0.1) is 13.8 Å². The summed E-state index contributed by atoms with van der Waals surface area (Å²) in [5.74, 6) is 0. The van der Waals surface area contributed by atoms with E-state index in [1.165, 1.54) is 16.0 Å². The number of urea groups is 1. The Kier molecular flexibility index (Phi) is 7.26. The fraction of sp³-hybridized carbons (Fsp3) is 0.476. The first-order valence-electron chi connectivity index (χ1n) is 9.68. The molecule has 2 aromatic rings. The summed E-state index contributed by atoms with van der Waals surface area (Å²) in [6.45, 7) is 10.5. The molecule has 1 saturated heterocycles. The molecule has 2 heterocycles. The van der Waals surface area contributed by atoms with E-state index in [-0.39, 0.29) is 6.03 Å². The van der Waals surface area contributed by atoms with Crippen LogP contribution in [0.1, 0.15) is 22.4 Å². The zero-order chi connectivity index (χ0) is 19.1. The van der Waals surface area contributed by atoms with Gasteiger partial charge in [0.15, 0.2) is 0 Å². The van der Waals surface area contributed by atoms with Gasteiger partial charge in [-0.3, -0.25) is 0 Å². The van der Waals surface area contributed by atoms with Crippen LogP contribution < -0.4 is 10.2 Å². The highest BCUT2D eigenvalue weighted by molar-refractivity contribution is 7.09. The second-order valence-electron chi connectivity index (χ2n) is 7.20. The standard InChI is InChI=1S/C21H29N3O2S/c1-17-6-7-19(15-18(17)2)22-21(25)24(16-20-5-3-14-27-20)9-4-8-23-10-12-26-13-11-23/h3,5-7,14-15H,4,8-13,16H2,1-2H3,(H,22,25)/p+1. The van der Waals surface area contributed by atoms with E-state index in [2.05, 4.69) is 36.7 Å². The minimum absolute atomic E-state index is 0.0244. The summed E-state index contributed by atoms with van der Waals surface area (Å²) in [5, 5.41) is 5.14. The van der Waals surface area contributed by atoms with Gasteiger partial charge in [0, 0.05) is 23.5 Å². The number of thiophene rings is 1. The fourth-order valence-corrected chi connectivity index (χ4v) is 4.01. The van der Waals surface area contributed by atoms with Gasteiger partial charge in [0.25, 0.3) is 0 Å². The molecule has 0 saturated carbocycles. The van der Waals surface area contributed by atoms with Crippen molar-refractivity contribution in [3.8, 4) is 0 Å². The molecule has 0 unspecified atom stereocenters. The van der Waals surface area contributed by atoms with E-state index >= 15 is 0 Å². The first-order chi connectivity index (χ1) is 13.1. The van der Waals surface area contributed by atoms with Crippen LogP contribution in [0.15, 0.2) is 35.7 Å². The van der Waals surface area contributed by atoms with Gasteiger partial charge in [0.2, 0.25) is 0 Å². The van der Waals surface area contributed by atoms with E-state index in [0.29, 0.717) is 6.54 Å². The number of nitrogens with one attached hydrogen (secondary N) is 2. The lowest BCUT2D eigenvalue weighted by atomic mass is 10.1. The van der Waals surface area contributed by atoms with Crippen LogP contribution in [0.25, 0.3) is 0 Å². The number of hydrogen-bond acceptors (Lipinski definition) is 3. The lowest BCUT2D eigenvalue weighted by molar-refractivity contribution is -0.908. The zero-order valence-electron chi connectivity index (χ0n) is 16.3. The van der Waals surface area contributed by atoms with Crippen molar-refractivity contribution in [1.82, 2.24) is 4.90 Å². The molecule has 0 spiro atoms. The molecule has 0 bridgehead atoms. The normalized spacial score (nSPS) is 14.9. The highest BCUT2D eigenvalue weighted by Gasteiger charge is 2.18. The van der Waals surface area contributed by atoms with E-state index < -0.39 is 0 Å². The topological polar surface area (TPSA) is 46.0 Å². The molecule has 1 aromatic carbocycles. The quantitative estimate of drug-likeness (QED) is 0.766. The van der Waals surface area contributed by atoms with Crippen molar-refractivity contribution in [2.75, 3.05) is 44.7 Å². The summed E-state index contributed by atoms with van der Waals surface area (Å²) in [6.07, 6.45) is 1.00. The number of amides is 2. The van der Waals surface area contributed by atoms with Crippen LogP contribution in [-0.4, -0.2) is 50.3 Å². The first kappa shape index (κ1) is 19.9. The molecule has 2 amide bonds. The lowest BCUT2D eigenvalue weighted by Gasteiger charge is -2.26. The minimum Gasteiger partial charge on any atom is -0.370 e. The number of morpholine rings is 1. The third-order valence-corrected chi connectivity index (χ3v) is 5.99. The number of benzene rings is 1. The van der Waals surface area contributed by atoms with E-state index in [9.17, 15) is 4.79 Å². The SMILES string of the molecule is Cc1ccc(NC(=O)N(CCC[NH+]2CCOCC2)Cc2cccs2)cc1C. The number of quaternary nitrogens is 1. The second-order valence-corrected chi connectivity index (χ2v) is 8.23. The molecule has 2 N–H and O–H groups in total. The average molecular weight is 389 g/mol. The van der Waals surface area contributed by atoms with Crippen molar-refractivity contribution in [1.29, 1.82) is 0 Å². The monoisotopic (exact) mass is 388 g/mol. The van der Waals surface area contributed by atoms with Crippen molar-refractivity contribution in [2.45, 2.75) is 26.8 Å². The second kappa shape index (κ2) is 9.88. The maximum Gasteiger partial charge on any atom is 0.322 e. The third kappa shape index (κ3) is 6.06. The maximum absolute atomic E-state index is 12.9. The Hall–Kier alpha value is -1.89. The number of ether oxygens (including phenoxy) is 1. The van der Waals surface area contributed by atoms with E-state index in [1.807, 2.05) is 23.1 Å². The van der Waals surface area contributed by atoms with Gasteiger partial charge in [-0.15, -0.1) is 11.3 Å². The molecule has 3 rings (SSSR count). The number of hydrogen-bond donors (Lipinski definition) is 2. The van der Waals surface area contributed by atoms with Crippen molar-refractivity contribution in [3.05, 3.63) is 51.7 Å². The molecule has 0 radical (unpaired) electrons. The van der Waals surface area contributed by atoms with Gasteiger partial charge in [0.1, 0.15) is 13.1 Å².